The number of hydrogen-bond acceptors (Lipinski definition) is 2. The van der Waals surface area contributed by atoms with Crippen LogP contribution in [0.4, 0.5) is 0 Å². The van der Waals surface area contributed by atoms with Gasteiger partial charge in [0.25, 0.3) is 0 Å². The van der Waals surface area contributed by atoms with Crippen molar-refractivity contribution >= 4 is 23.5 Å². The first-order chi connectivity index (χ1) is 8.08. The summed E-state index contributed by atoms with van der Waals surface area (Å²) >= 11 is 5.81. The minimum absolute atomic E-state index is 0.197. The average Bonchev–Trinajstić information content (AvgIpc) is 3.06. The Morgan fingerprint density at radius 2 is 2.18 bits per heavy atom. The molecular formula is C12H12ClNO3. The van der Waals surface area contributed by atoms with Gasteiger partial charge in [0.15, 0.2) is 0 Å². The molecule has 1 aliphatic carbocycles. The van der Waals surface area contributed by atoms with Crippen LogP contribution in [0.3, 0.4) is 0 Å². The highest BCUT2D eigenvalue weighted by molar-refractivity contribution is 6.30. The molecule has 5 heteroatoms. The molecule has 90 valence electrons. The summed E-state index contributed by atoms with van der Waals surface area (Å²) < 4.78 is 0. The van der Waals surface area contributed by atoms with Crippen LogP contribution in [0.2, 0.25) is 5.02 Å². The van der Waals surface area contributed by atoms with E-state index in [0.29, 0.717) is 18.0 Å². The summed E-state index contributed by atoms with van der Waals surface area (Å²) in [6.07, 6.45) is 0.441. The summed E-state index contributed by atoms with van der Waals surface area (Å²) in [5.74, 6) is -1.97. The molecule has 0 heterocycles. The second-order valence-corrected chi connectivity index (χ2v) is 4.57. The molecule has 1 saturated carbocycles. The van der Waals surface area contributed by atoms with Gasteiger partial charge < -0.3 is 10.4 Å². The molecule has 2 atom stereocenters. The minimum Gasteiger partial charge on any atom is -0.481 e. The van der Waals surface area contributed by atoms with E-state index in [1.807, 2.05) is 6.07 Å². The summed E-state index contributed by atoms with van der Waals surface area (Å²) in [5.41, 5.74) is 0.901. The third-order valence-corrected chi connectivity index (χ3v) is 3.04. The zero-order valence-corrected chi connectivity index (χ0v) is 9.78. The molecule has 2 N–H and O–H groups in total. The van der Waals surface area contributed by atoms with Gasteiger partial charge in [-0.15, -0.1) is 0 Å². The second kappa shape index (κ2) is 4.75. The Labute approximate surface area is 104 Å². The van der Waals surface area contributed by atoms with Gasteiger partial charge in [-0.3, -0.25) is 9.59 Å². The highest BCUT2D eigenvalue weighted by Gasteiger charge is 2.48. The van der Waals surface area contributed by atoms with Crippen molar-refractivity contribution in [2.24, 2.45) is 11.8 Å². The molecule has 0 unspecified atom stereocenters. The number of carbonyl (C=O) groups is 2. The quantitative estimate of drug-likeness (QED) is 0.858. The summed E-state index contributed by atoms with van der Waals surface area (Å²) in [7, 11) is 0. The second-order valence-electron chi connectivity index (χ2n) is 4.13. The molecule has 0 aliphatic heterocycles. The lowest BCUT2D eigenvalue weighted by atomic mass is 10.2. The molecular weight excluding hydrogens is 242 g/mol. The van der Waals surface area contributed by atoms with E-state index in [1.54, 1.807) is 18.2 Å². The Kier molecular flexibility index (Phi) is 3.33. The van der Waals surface area contributed by atoms with Crippen LogP contribution in [0.5, 0.6) is 0 Å². The van der Waals surface area contributed by atoms with Gasteiger partial charge in [0.1, 0.15) is 0 Å². The zero-order valence-electron chi connectivity index (χ0n) is 9.02. The largest absolute Gasteiger partial charge is 0.481 e. The fraction of sp³-hybridized carbons (Fsp3) is 0.333. The molecule has 0 saturated heterocycles. The van der Waals surface area contributed by atoms with Crippen molar-refractivity contribution in [2.45, 2.75) is 13.0 Å². The van der Waals surface area contributed by atoms with E-state index in [0.717, 1.165) is 5.56 Å². The Balaban J connectivity index is 1.83. The SMILES string of the molecule is O=C(NCc1cccc(Cl)c1)[C@H]1C[C@H]1C(=O)O. The molecule has 1 amide bonds. The molecule has 0 spiro atoms. The molecule has 17 heavy (non-hydrogen) atoms. The maximum Gasteiger partial charge on any atom is 0.307 e. The number of carbonyl (C=O) groups excluding carboxylic acids is 1. The van der Waals surface area contributed by atoms with Crippen LogP contribution in [0, 0.1) is 11.8 Å². The first kappa shape index (κ1) is 11.9. The summed E-state index contributed by atoms with van der Waals surface area (Å²) in [6.45, 7) is 0.377. The number of halogens is 1. The number of carboxylic acid groups (broad SMARTS) is 1. The number of aliphatic carboxylic acids is 1. The van der Waals surface area contributed by atoms with Gasteiger partial charge in [-0.1, -0.05) is 23.7 Å². The number of nitrogens with one attached hydrogen (secondary N) is 1. The first-order valence-corrected chi connectivity index (χ1v) is 5.70. The Morgan fingerprint density at radius 1 is 1.41 bits per heavy atom. The highest BCUT2D eigenvalue weighted by Crippen LogP contribution is 2.38. The van der Waals surface area contributed by atoms with Gasteiger partial charge in [-0.2, -0.15) is 0 Å². The van der Waals surface area contributed by atoms with Crippen molar-refractivity contribution in [3.8, 4) is 0 Å². The number of hydrogen-bond donors (Lipinski definition) is 2. The van der Waals surface area contributed by atoms with Crippen LogP contribution in [-0.2, 0) is 16.1 Å². The third kappa shape index (κ3) is 2.97. The predicted molar refractivity (Wildman–Crippen MR) is 62.5 cm³/mol. The minimum atomic E-state index is -0.895. The summed E-state index contributed by atoms with van der Waals surface area (Å²) in [5, 5.41) is 12.0. The third-order valence-electron chi connectivity index (χ3n) is 2.80. The van der Waals surface area contributed by atoms with Crippen molar-refractivity contribution in [3.05, 3.63) is 34.9 Å². The lowest BCUT2D eigenvalue weighted by Gasteiger charge is -2.04. The zero-order chi connectivity index (χ0) is 12.4. The Morgan fingerprint density at radius 3 is 2.76 bits per heavy atom. The van der Waals surface area contributed by atoms with Crippen LogP contribution in [0.25, 0.3) is 0 Å². The maximum atomic E-state index is 11.6. The van der Waals surface area contributed by atoms with E-state index >= 15 is 0 Å². The van der Waals surface area contributed by atoms with Crippen LogP contribution in [-0.4, -0.2) is 17.0 Å². The lowest BCUT2D eigenvalue weighted by molar-refractivity contribution is -0.140. The van der Waals surface area contributed by atoms with Crippen molar-refractivity contribution in [2.75, 3.05) is 0 Å². The molecule has 1 fully saturated rings. The smallest absolute Gasteiger partial charge is 0.307 e. The normalized spacial score (nSPS) is 21.9. The van der Waals surface area contributed by atoms with Gasteiger partial charge in [-0.05, 0) is 24.1 Å². The first-order valence-electron chi connectivity index (χ1n) is 5.33. The fourth-order valence-electron chi connectivity index (χ4n) is 1.72. The number of carboxylic acids is 1. The molecule has 0 aromatic heterocycles. The number of amides is 1. The average molecular weight is 254 g/mol. The van der Waals surface area contributed by atoms with Crippen LogP contribution in [0.1, 0.15) is 12.0 Å². The molecule has 0 bridgehead atoms. The molecule has 1 aliphatic rings. The van der Waals surface area contributed by atoms with Crippen LogP contribution in [0.15, 0.2) is 24.3 Å². The van der Waals surface area contributed by atoms with E-state index in [4.69, 9.17) is 16.7 Å². The van der Waals surface area contributed by atoms with E-state index in [2.05, 4.69) is 5.32 Å². The van der Waals surface area contributed by atoms with E-state index in [9.17, 15) is 9.59 Å². The van der Waals surface area contributed by atoms with Crippen molar-refractivity contribution in [1.82, 2.24) is 5.32 Å². The van der Waals surface area contributed by atoms with E-state index < -0.39 is 11.9 Å². The van der Waals surface area contributed by atoms with Gasteiger partial charge in [0.05, 0.1) is 11.8 Å². The monoisotopic (exact) mass is 253 g/mol. The summed E-state index contributed by atoms with van der Waals surface area (Å²) in [4.78, 5) is 22.2. The molecule has 1 aromatic carbocycles. The highest BCUT2D eigenvalue weighted by atomic mass is 35.5. The predicted octanol–water partition coefficient (Wildman–Crippen LogP) is 1.68. The van der Waals surface area contributed by atoms with Crippen molar-refractivity contribution in [1.29, 1.82) is 0 Å². The Bertz CT molecular complexity index is 461. The standard InChI is InChI=1S/C12H12ClNO3/c13-8-3-1-2-7(4-8)6-14-11(15)9-5-10(9)12(16)17/h1-4,9-10H,5-6H2,(H,14,15)(H,16,17)/t9-,10+/m0/s1. The lowest BCUT2D eigenvalue weighted by Crippen LogP contribution is -2.25. The van der Waals surface area contributed by atoms with Crippen LogP contribution < -0.4 is 5.32 Å². The fourth-order valence-corrected chi connectivity index (χ4v) is 1.94. The molecule has 1 aromatic rings. The van der Waals surface area contributed by atoms with Gasteiger partial charge in [-0.25, -0.2) is 0 Å². The van der Waals surface area contributed by atoms with Gasteiger partial charge in [0.2, 0.25) is 5.91 Å². The molecule has 4 nitrogen and oxygen atoms in total. The number of rotatable bonds is 4. The van der Waals surface area contributed by atoms with Crippen molar-refractivity contribution in [3.63, 3.8) is 0 Å². The maximum absolute atomic E-state index is 11.6. The van der Waals surface area contributed by atoms with Gasteiger partial charge >= 0.3 is 5.97 Å². The van der Waals surface area contributed by atoms with E-state index in [1.165, 1.54) is 0 Å². The number of benzene rings is 1. The molecule has 0 radical (unpaired) electrons. The summed E-state index contributed by atoms with van der Waals surface area (Å²) in [6, 6.07) is 7.19. The molecule has 2 rings (SSSR count). The topological polar surface area (TPSA) is 66.4 Å². The van der Waals surface area contributed by atoms with Gasteiger partial charge in [0, 0.05) is 11.6 Å². The van der Waals surface area contributed by atoms with Crippen LogP contribution >= 0.6 is 11.6 Å². The van der Waals surface area contributed by atoms with E-state index in [-0.39, 0.29) is 11.8 Å². The Hall–Kier alpha value is -1.55. The van der Waals surface area contributed by atoms with Crippen molar-refractivity contribution < 1.29 is 14.7 Å².